The molecule has 2 aromatic rings. The van der Waals surface area contributed by atoms with Crippen LogP contribution in [0, 0.1) is 6.92 Å². The van der Waals surface area contributed by atoms with Gasteiger partial charge in [0.05, 0.1) is 10.9 Å². The molecule has 0 fully saturated rings. The maximum atomic E-state index is 12.0. The SMILES string of the molecule is Cc1ccc(OCC(=O)Nc2ccc3c(c2)NC(=O)C(C)S3)cc1. The summed E-state index contributed by atoms with van der Waals surface area (Å²) in [5.74, 6) is 0.371. The second-order valence-corrected chi connectivity index (χ2v) is 6.99. The molecule has 0 aliphatic carbocycles. The summed E-state index contributed by atoms with van der Waals surface area (Å²) >= 11 is 1.51. The summed E-state index contributed by atoms with van der Waals surface area (Å²) in [6.07, 6.45) is 0. The second-order valence-electron chi connectivity index (χ2n) is 5.61. The van der Waals surface area contributed by atoms with Gasteiger partial charge in [0, 0.05) is 10.6 Å². The van der Waals surface area contributed by atoms with E-state index >= 15 is 0 Å². The van der Waals surface area contributed by atoms with Crippen molar-refractivity contribution in [3.05, 3.63) is 48.0 Å². The lowest BCUT2D eigenvalue weighted by Gasteiger charge is -2.22. The molecule has 124 valence electrons. The average Bonchev–Trinajstić information content (AvgIpc) is 2.56. The molecule has 0 spiro atoms. The van der Waals surface area contributed by atoms with Crippen LogP contribution in [-0.2, 0) is 9.59 Å². The van der Waals surface area contributed by atoms with E-state index < -0.39 is 0 Å². The number of anilines is 2. The largest absolute Gasteiger partial charge is 0.484 e. The van der Waals surface area contributed by atoms with E-state index in [0.29, 0.717) is 11.4 Å². The van der Waals surface area contributed by atoms with Gasteiger partial charge in [-0.3, -0.25) is 9.59 Å². The molecule has 5 nitrogen and oxygen atoms in total. The molecule has 2 amide bonds. The minimum Gasteiger partial charge on any atom is -0.484 e. The van der Waals surface area contributed by atoms with Crippen LogP contribution < -0.4 is 15.4 Å². The lowest BCUT2D eigenvalue weighted by atomic mass is 10.2. The fraction of sp³-hybridized carbons (Fsp3) is 0.222. The van der Waals surface area contributed by atoms with Crippen LogP contribution in [0.15, 0.2) is 47.4 Å². The Morgan fingerprint density at radius 2 is 2.00 bits per heavy atom. The number of carbonyl (C=O) groups excluding carboxylic acids is 2. The van der Waals surface area contributed by atoms with Gasteiger partial charge in [0.1, 0.15) is 5.75 Å². The zero-order chi connectivity index (χ0) is 17.1. The molecule has 24 heavy (non-hydrogen) atoms. The van der Waals surface area contributed by atoms with Crippen LogP contribution in [0.4, 0.5) is 11.4 Å². The monoisotopic (exact) mass is 342 g/mol. The first-order valence-electron chi connectivity index (χ1n) is 7.62. The highest BCUT2D eigenvalue weighted by atomic mass is 32.2. The molecule has 0 aromatic heterocycles. The van der Waals surface area contributed by atoms with Crippen molar-refractivity contribution in [2.45, 2.75) is 24.0 Å². The van der Waals surface area contributed by atoms with Crippen LogP contribution >= 0.6 is 11.8 Å². The van der Waals surface area contributed by atoms with Crippen LogP contribution in [-0.4, -0.2) is 23.7 Å². The van der Waals surface area contributed by atoms with E-state index in [1.807, 2.05) is 50.2 Å². The lowest BCUT2D eigenvalue weighted by Crippen LogP contribution is -2.26. The summed E-state index contributed by atoms with van der Waals surface area (Å²) in [6.45, 7) is 3.78. The smallest absolute Gasteiger partial charge is 0.262 e. The van der Waals surface area contributed by atoms with Crippen molar-refractivity contribution in [2.24, 2.45) is 0 Å². The van der Waals surface area contributed by atoms with Crippen molar-refractivity contribution in [1.29, 1.82) is 0 Å². The van der Waals surface area contributed by atoms with E-state index in [9.17, 15) is 9.59 Å². The predicted molar refractivity (Wildman–Crippen MR) is 95.7 cm³/mol. The van der Waals surface area contributed by atoms with Crippen LogP contribution in [0.25, 0.3) is 0 Å². The third-order valence-electron chi connectivity index (χ3n) is 3.59. The van der Waals surface area contributed by atoms with Gasteiger partial charge in [0.15, 0.2) is 6.61 Å². The highest BCUT2D eigenvalue weighted by Crippen LogP contribution is 2.36. The Morgan fingerprint density at radius 3 is 2.75 bits per heavy atom. The van der Waals surface area contributed by atoms with E-state index in [-0.39, 0.29) is 23.7 Å². The summed E-state index contributed by atoms with van der Waals surface area (Å²) in [5.41, 5.74) is 2.48. The van der Waals surface area contributed by atoms with Crippen molar-refractivity contribution >= 4 is 35.0 Å². The molecule has 0 saturated carbocycles. The number of benzene rings is 2. The van der Waals surface area contributed by atoms with Gasteiger partial charge in [-0.25, -0.2) is 0 Å². The average molecular weight is 342 g/mol. The fourth-order valence-corrected chi connectivity index (χ4v) is 3.20. The normalized spacial score (nSPS) is 16.1. The molecule has 2 aromatic carbocycles. The van der Waals surface area contributed by atoms with Crippen LogP contribution in [0.5, 0.6) is 5.75 Å². The lowest BCUT2D eigenvalue weighted by molar-refractivity contribution is -0.118. The molecule has 1 aliphatic rings. The Hall–Kier alpha value is -2.47. The van der Waals surface area contributed by atoms with Crippen molar-refractivity contribution in [3.63, 3.8) is 0 Å². The minimum atomic E-state index is -0.251. The number of carbonyl (C=O) groups is 2. The zero-order valence-corrected chi connectivity index (χ0v) is 14.3. The first kappa shape index (κ1) is 16.4. The Morgan fingerprint density at radius 1 is 1.25 bits per heavy atom. The number of thioether (sulfide) groups is 1. The van der Waals surface area contributed by atoms with Gasteiger partial charge in [0.25, 0.3) is 5.91 Å². The van der Waals surface area contributed by atoms with Gasteiger partial charge in [0.2, 0.25) is 5.91 Å². The number of amides is 2. The van der Waals surface area contributed by atoms with Crippen molar-refractivity contribution < 1.29 is 14.3 Å². The molecule has 2 N–H and O–H groups in total. The quantitative estimate of drug-likeness (QED) is 0.893. The first-order chi connectivity index (χ1) is 11.5. The number of hydrogen-bond acceptors (Lipinski definition) is 4. The molecule has 1 atom stereocenters. The Labute approximate surface area is 144 Å². The molecule has 6 heteroatoms. The number of rotatable bonds is 4. The fourth-order valence-electron chi connectivity index (χ4n) is 2.27. The van der Waals surface area contributed by atoms with Gasteiger partial charge in [-0.1, -0.05) is 17.7 Å². The number of hydrogen-bond donors (Lipinski definition) is 2. The molecule has 1 heterocycles. The van der Waals surface area contributed by atoms with E-state index in [2.05, 4.69) is 10.6 Å². The van der Waals surface area contributed by atoms with Crippen molar-refractivity contribution in [2.75, 3.05) is 17.2 Å². The zero-order valence-electron chi connectivity index (χ0n) is 13.5. The summed E-state index contributed by atoms with van der Waals surface area (Å²) in [6, 6.07) is 13.0. The van der Waals surface area contributed by atoms with Gasteiger partial charge < -0.3 is 15.4 Å². The molecular weight excluding hydrogens is 324 g/mol. The highest BCUT2D eigenvalue weighted by molar-refractivity contribution is 8.00. The molecule has 0 saturated heterocycles. The summed E-state index contributed by atoms with van der Waals surface area (Å²) in [4.78, 5) is 24.7. The Balaban J connectivity index is 1.59. The number of ether oxygens (including phenoxy) is 1. The number of aryl methyl sites for hydroxylation is 1. The Bertz CT molecular complexity index is 774. The molecule has 0 radical (unpaired) electrons. The number of fused-ring (bicyclic) bond motifs is 1. The third-order valence-corrected chi connectivity index (χ3v) is 4.76. The van der Waals surface area contributed by atoms with Crippen molar-refractivity contribution in [3.8, 4) is 5.75 Å². The third kappa shape index (κ3) is 3.89. The van der Waals surface area contributed by atoms with Gasteiger partial charge in [-0.15, -0.1) is 11.8 Å². The van der Waals surface area contributed by atoms with E-state index in [4.69, 9.17) is 4.74 Å². The second kappa shape index (κ2) is 6.97. The van der Waals surface area contributed by atoms with E-state index in [0.717, 1.165) is 16.1 Å². The maximum absolute atomic E-state index is 12.0. The topological polar surface area (TPSA) is 67.4 Å². The predicted octanol–water partition coefficient (Wildman–Crippen LogP) is 3.45. The maximum Gasteiger partial charge on any atom is 0.262 e. The molecule has 1 unspecified atom stereocenters. The first-order valence-corrected chi connectivity index (χ1v) is 8.50. The van der Waals surface area contributed by atoms with Gasteiger partial charge in [-0.05, 0) is 44.2 Å². The van der Waals surface area contributed by atoms with Crippen LogP contribution in [0.1, 0.15) is 12.5 Å². The molecule has 1 aliphatic heterocycles. The summed E-state index contributed by atoms with van der Waals surface area (Å²) in [7, 11) is 0. The van der Waals surface area contributed by atoms with Gasteiger partial charge >= 0.3 is 0 Å². The van der Waals surface area contributed by atoms with Crippen LogP contribution in [0.2, 0.25) is 0 Å². The van der Waals surface area contributed by atoms with E-state index in [1.165, 1.54) is 11.8 Å². The molecule has 0 bridgehead atoms. The molecular formula is C18H18N2O3S. The van der Waals surface area contributed by atoms with Crippen LogP contribution in [0.3, 0.4) is 0 Å². The summed E-state index contributed by atoms with van der Waals surface area (Å²) in [5, 5.41) is 5.51. The molecule has 3 rings (SSSR count). The minimum absolute atomic E-state index is 0.0290. The van der Waals surface area contributed by atoms with E-state index in [1.54, 1.807) is 6.07 Å². The summed E-state index contributed by atoms with van der Waals surface area (Å²) < 4.78 is 5.45. The van der Waals surface area contributed by atoms with Gasteiger partial charge in [-0.2, -0.15) is 0 Å². The van der Waals surface area contributed by atoms with Crippen molar-refractivity contribution in [1.82, 2.24) is 0 Å². The number of nitrogens with one attached hydrogen (secondary N) is 2. The standard InChI is InChI=1S/C18H18N2O3S/c1-11-3-6-14(7-4-11)23-10-17(21)19-13-5-8-16-15(9-13)20-18(22)12(2)24-16/h3-9,12H,10H2,1-2H3,(H,19,21)(H,20,22). The highest BCUT2D eigenvalue weighted by Gasteiger charge is 2.23. The Kier molecular flexibility index (Phi) is 4.76.